The van der Waals surface area contributed by atoms with Crippen molar-refractivity contribution in [3.05, 3.63) is 87.6 Å². The number of rotatable bonds is 10. The third-order valence-corrected chi connectivity index (χ3v) is 5.76. The molecule has 0 spiro atoms. The summed E-state index contributed by atoms with van der Waals surface area (Å²) >= 11 is 1.42. The van der Waals surface area contributed by atoms with E-state index in [1.165, 1.54) is 11.3 Å². The number of amides is 1. The van der Waals surface area contributed by atoms with Gasteiger partial charge in [0.05, 0.1) is 4.88 Å². The highest BCUT2D eigenvalue weighted by atomic mass is 32.1. The van der Waals surface area contributed by atoms with Gasteiger partial charge in [-0.05, 0) is 31.2 Å². The number of hydrogen-bond donors (Lipinski definition) is 1. The van der Waals surface area contributed by atoms with Crippen LogP contribution in [0, 0.1) is 6.92 Å². The highest BCUT2D eigenvalue weighted by Gasteiger charge is 2.13. The zero-order valence-electron chi connectivity index (χ0n) is 17.2. The molecule has 2 aromatic carbocycles. The molecular weight excluding hydrogens is 410 g/mol. The molecule has 0 saturated carbocycles. The van der Waals surface area contributed by atoms with Gasteiger partial charge in [-0.1, -0.05) is 42.5 Å². The maximum Gasteiger partial charge on any atom is 0.224 e. The van der Waals surface area contributed by atoms with Gasteiger partial charge in [0, 0.05) is 47.4 Å². The number of carbonyl (C=O) groups excluding carboxylic acids is 4. The standard InChI is InChI=1S/C25H23NO4S/c1-17-10-14-23(31-17)22(28)13-11-21(27)12-15-24(29)26-20-9-5-8-19(16-20)25(30)18-6-3-2-4-7-18/h2-10,14,16H,11-13,15H2,1H3,(H,26,29). The Labute approximate surface area is 185 Å². The Bertz CT molecular complexity index is 1100. The zero-order chi connectivity index (χ0) is 22.2. The van der Waals surface area contributed by atoms with Crippen LogP contribution in [-0.4, -0.2) is 23.3 Å². The minimum absolute atomic E-state index is 0.0298. The Hall–Kier alpha value is -3.38. The van der Waals surface area contributed by atoms with E-state index in [0.29, 0.717) is 21.7 Å². The fraction of sp³-hybridized carbons (Fsp3) is 0.200. The lowest BCUT2D eigenvalue weighted by Crippen LogP contribution is -2.14. The Morgan fingerprint density at radius 3 is 2.19 bits per heavy atom. The van der Waals surface area contributed by atoms with Gasteiger partial charge in [0.15, 0.2) is 11.6 Å². The Morgan fingerprint density at radius 2 is 1.48 bits per heavy atom. The van der Waals surface area contributed by atoms with Crippen LogP contribution in [0.1, 0.15) is 56.2 Å². The largest absolute Gasteiger partial charge is 0.326 e. The first-order valence-electron chi connectivity index (χ1n) is 10.0. The molecule has 0 aliphatic carbocycles. The summed E-state index contributed by atoms with van der Waals surface area (Å²) in [5.41, 5.74) is 1.55. The van der Waals surface area contributed by atoms with E-state index in [0.717, 1.165) is 4.88 Å². The molecular formula is C25H23NO4S. The molecule has 0 fully saturated rings. The van der Waals surface area contributed by atoms with E-state index < -0.39 is 0 Å². The topological polar surface area (TPSA) is 80.3 Å². The van der Waals surface area contributed by atoms with Crippen LogP contribution in [0.25, 0.3) is 0 Å². The van der Waals surface area contributed by atoms with Crippen molar-refractivity contribution >= 4 is 40.3 Å². The van der Waals surface area contributed by atoms with Crippen molar-refractivity contribution in [3.8, 4) is 0 Å². The summed E-state index contributed by atoms with van der Waals surface area (Å²) in [6.07, 6.45) is 0.390. The van der Waals surface area contributed by atoms with Gasteiger partial charge in [-0.2, -0.15) is 0 Å². The highest BCUT2D eigenvalue weighted by molar-refractivity contribution is 7.14. The normalized spacial score (nSPS) is 10.5. The van der Waals surface area contributed by atoms with Crippen molar-refractivity contribution < 1.29 is 19.2 Å². The number of aryl methyl sites for hydroxylation is 1. The van der Waals surface area contributed by atoms with Gasteiger partial charge in [0.2, 0.25) is 5.91 Å². The number of nitrogens with one attached hydrogen (secondary N) is 1. The van der Waals surface area contributed by atoms with Crippen molar-refractivity contribution in [2.75, 3.05) is 5.32 Å². The fourth-order valence-corrected chi connectivity index (χ4v) is 3.89. The van der Waals surface area contributed by atoms with Crippen LogP contribution in [0.2, 0.25) is 0 Å². The molecule has 0 bridgehead atoms. The van der Waals surface area contributed by atoms with E-state index in [9.17, 15) is 19.2 Å². The lowest BCUT2D eigenvalue weighted by atomic mass is 10.0. The number of ketones is 3. The number of carbonyl (C=O) groups is 4. The third kappa shape index (κ3) is 6.55. The van der Waals surface area contributed by atoms with Gasteiger partial charge in [-0.3, -0.25) is 19.2 Å². The van der Waals surface area contributed by atoms with E-state index in [2.05, 4.69) is 5.32 Å². The summed E-state index contributed by atoms with van der Waals surface area (Å²) in [5, 5.41) is 2.73. The van der Waals surface area contributed by atoms with E-state index >= 15 is 0 Å². The fourth-order valence-electron chi connectivity index (χ4n) is 3.06. The van der Waals surface area contributed by atoms with Crippen molar-refractivity contribution in [3.63, 3.8) is 0 Å². The molecule has 3 aromatic rings. The van der Waals surface area contributed by atoms with Gasteiger partial charge in [-0.25, -0.2) is 0 Å². The molecule has 158 valence electrons. The minimum atomic E-state index is -0.308. The number of thiophene rings is 1. The zero-order valence-corrected chi connectivity index (χ0v) is 18.0. The summed E-state index contributed by atoms with van der Waals surface area (Å²) in [6, 6.07) is 19.3. The molecule has 0 unspecified atom stereocenters. The third-order valence-electron chi connectivity index (χ3n) is 4.72. The molecule has 0 aliphatic rings. The lowest BCUT2D eigenvalue weighted by Gasteiger charge is -2.07. The highest BCUT2D eigenvalue weighted by Crippen LogP contribution is 2.18. The van der Waals surface area contributed by atoms with E-state index in [-0.39, 0.29) is 48.9 Å². The first kappa shape index (κ1) is 22.3. The molecule has 0 atom stereocenters. The molecule has 6 heteroatoms. The van der Waals surface area contributed by atoms with Gasteiger partial charge in [-0.15, -0.1) is 11.3 Å². The quantitative estimate of drug-likeness (QED) is 0.444. The number of Topliss-reactive ketones (excluding diaryl/α,β-unsaturated/α-hetero) is 2. The summed E-state index contributed by atoms with van der Waals surface area (Å²) in [6.45, 7) is 1.93. The Balaban J connectivity index is 1.47. The molecule has 1 N–H and O–H groups in total. The van der Waals surface area contributed by atoms with Crippen LogP contribution in [0.15, 0.2) is 66.7 Å². The molecule has 0 saturated heterocycles. The molecule has 1 heterocycles. The van der Waals surface area contributed by atoms with Crippen LogP contribution in [-0.2, 0) is 9.59 Å². The molecule has 5 nitrogen and oxygen atoms in total. The van der Waals surface area contributed by atoms with Crippen LogP contribution >= 0.6 is 11.3 Å². The molecule has 3 rings (SSSR count). The number of hydrogen-bond acceptors (Lipinski definition) is 5. The monoisotopic (exact) mass is 433 g/mol. The molecule has 31 heavy (non-hydrogen) atoms. The smallest absolute Gasteiger partial charge is 0.224 e. The number of benzene rings is 2. The van der Waals surface area contributed by atoms with Crippen molar-refractivity contribution in [1.82, 2.24) is 0 Å². The van der Waals surface area contributed by atoms with Gasteiger partial charge in [0.1, 0.15) is 5.78 Å². The maximum atomic E-state index is 12.5. The SMILES string of the molecule is Cc1ccc(C(=O)CCC(=O)CCC(=O)Nc2cccc(C(=O)c3ccccc3)c2)s1. The predicted molar refractivity (Wildman–Crippen MR) is 122 cm³/mol. The first-order valence-corrected chi connectivity index (χ1v) is 10.8. The second-order valence-corrected chi connectivity index (χ2v) is 8.48. The Morgan fingerprint density at radius 1 is 0.774 bits per heavy atom. The lowest BCUT2D eigenvalue weighted by molar-refractivity contribution is -0.122. The van der Waals surface area contributed by atoms with Crippen LogP contribution in [0.5, 0.6) is 0 Å². The Kier molecular flexibility index (Phi) is 7.62. The van der Waals surface area contributed by atoms with E-state index in [4.69, 9.17) is 0 Å². The second kappa shape index (κ2) is 10.6. The van der Waals surface area contributed by atoms with Crippen molar-refractivity contribution in [2.45, 2.75) is 32.6 Å². The van der Waals surface area contributed by atoms with Crippen LogP contribution in [0.3, 0.4) is 0 Å². The van der Waals surface area contributed by atoms with E-state index in [1.807, 2.05) is 19.1 Å². The van der Waals surface area contributed by atoms with Gasteiger partial charge < -0.3 is 5.32 Å². The maximum absolute atomic E-state index is 12.5. The molecule has 0 aliphatic heterocycles. The average molecular weight is 434 g/mol. The predicted octanol–water partition coefficient (Wildman–Crippen LogP) is 5.24. The molecule has 1 amide bonds. The van der Waals surface area contributed by atoms with Gasteiger partial charge >= 0.3 is 0 Å². The first-order chi connectivity index (χ1) is 14.9. The van der Waals surface area contributed by atoms with Crippen LogP contribution in [0.4, 0.5) is 5.69 Å². The molecule has 1 aromatic heterocycles. The van der Waals surface area contributed by atoms with Crippen molar-refractivity contribution in [1.29, 1.82) is 0 Å². The van der Waals surface area contributed by atoms with E-state index in [1.54, 1.807) is 54.6 Å². The van der Waals surface area contributed by atoms with Gasteiger partial charge in [0.25, 0.3) is 0 Å². The summed E-state index contributed by atoms with van der Waals surface area (Å²) in [4.78, 5) is 50.6. The average Bonchev–Trinajstić information content (AvgIpc) is 3.22. The van der Waals surface area contributed by atoms with Crippen LogP contribution < -0.4 is 5.32 Å². The summed E-state index contributed by atoms with van der Waals surface area (Å²) in [7, 11) is 0. The second-order valence-electron chi connectivity index (χ2n) is 7.20. The molecule has 0 radical (unpaired) electrons. The summed E-state index contributed by atoms with van der Waals surface area (Å²) in [5.74, 6) is -0.601. The van der Waals surface area contributed by atoms with Crippen molar-refractivity contribution in [2.24, 2.45) is 0 Å². The number of anilines is 1. The summed E-state index contributed by atoms with van der Waals surface area (Å²) < 4.78 is 0. The minimum Gasteiger partial charge on any atom is -0.326 e.